The minimum Gasteiger partial charge on any atom is -0.355 e. The predicted molar refractivity (Wildman–Crippen MR) is 70.5 cm³/mol. The second kappa shape index (κ2) is 5.77. The summed E-state index contributed by atoms with van der Waals surface area (Å²) in [6.07, 6.45) is -1.08. The molecular weight excluding hydrogens is 379 g/mol. The quantitative estimate of drug-likeness (QED) is 0.760. The van der Waals surface area contributed by atoms with Crippen LogP contribution >= 0.6 is 43.2 Å². The molecule has 0 radical (unpaired) electrons. The van der Waals surface area contributed by atoms with Crippen LogP contribution in [-0.4, -0.2) is 11.6 Å². The van der Waals surface area contributed by atoms with Gasteiger partial charge in [-0.05, 0) is 58.7 Å². The van der Waals surface area contributed by atoms with Crippen LogP contribution in [0.2, 0.25) is 0 Å². The van der Waals surface area contributed by atoms with Gasteiger partial charge in [0.2, 0.25) is 0 Å². The fourth-order valence-electron chi connectivity index (χ4n) is 1.14. The summed E-state index contributed by atoms with van der Waals surface area (Å²) in [5, 5.41) is 0. The molecule has 0 aromatic carbocycles. The molecule has 7 heteroatoms. The minimum atomic E-state index is -1.08. The van der Waals surface area contributed by atoms with Crippen molar-refractivity contribution in [1.29, 1.82) is 0 Å². The van der Waals surface area contributed by atoms with Crippen LogP contribution in [0.4, 0.5) is 4.53 Å². The topological polar surface area (TPSA) is 35.5 Å². The molecule has 1 unspecified atom stereocenters. The van der Waals surface area contributed by atoms with Crippen LogP contribution in [0.3, 0.4) is 0 Å². The van der Waals surface area contributed by atoms with E-state index in [1.807, 2.05) is 0 Å². The largest absolute Gasteiger partial charge is 0.382 e. The van der Waals surface area contributed by atoms with E-state index in [4.69, 9.17) is 4.74 Å². The third-order valence-electron chi connectivity index (χ3n) is 1.68. The van der Waals surface area contributed by atoms with Crippen molar-refractivity contribution in [3.05, 3.63) is 19.2 Å². The van der Waals surface area contributed by atoms with Crippen molar-refractivity contribution in [2.75, 3.05) is 0 Å². The summed E-state index contributed by atoms with van der Waals surface area (Å²) in [5.74, 6) is -1.06. The zero-order chi connectivity index (χ0) is 13.2. The maximum atomic E-state index is 12.1. The first kappa shape index (κ1) is 15.1. The van der Waals surface area contributed by atoms with Crippen LogP contribution in [-0.2, 0) is 14.5 Å². The smallest absolute Gasteiger partial charge is 0.355 e. The third kappa shape index (κ3) is 4.31. The summed E-state index contributed by atoms with van der Waals surface area (Å²) >= 11 is 7.87. The zero-order valence-electron chi connectivity index (χ0n) is 9.42. The fraction of sp³-hybridized carbons (Fsp3) is 0.500. The van der Waals surface area contributed by atoms with E-state index in [-0.39, 0.29) is 0 Å². The fourth-order valence-corrected chi connectivity index (χ4v) is 3.82. The van der Waals surface area contributed by atoms with Crippen molar-refractivity contribution >= 4 is 49.2 Å². The molecule has 1 atom stereocenters. The Morgan fingerprint density at radius 3 is 2.41 bits per heavy atom. The average molecular weight is 390 g/mol. The number of hydrogen-bond acceptors (Lipinski definition) is 4. The van der Waals surface area contributed by atoms with Gasteiger partial charge < -0.3 is 4.74 Å². The van der Waals surface area contributed by atoms with Gasteiger partial charge in [-0.1, -0.05) is 0 Å². The summed E-state index contributed by atoms with van der Waals surface area (Å²) in [6, 6.07) is 1.77. The molecule has 96 valence electrons. The van der Waals surface area contributed by atoms with Gasteiger partial charge in [0.1, 0.15) is 0 Å². The summed E-state index contributed by atoms with van der Waals surface area (Å²) in [7, 11) is 0. The molecule has 0 aliphatic heterocycles. The summed E-state index contributed by atoms with van der Waals surface area (Å²) < 4.78 is 19.1. The highest BCUT2D eigenvalue weighted by Crippen LogP contribution is 2.39. The van der Waals surface area contributed by atoms with Crippen LogP contribution in [0, 0.1) is 0 Å². The standard InChI is InChI=1S/C10H11Br2FO3S/c1-10(2,3)15-7(9(14)16-13)8-5(11)4-6(12)17-8/h4,7H,1-3H3. The van der Waals surface area contributed by atoms with Crippen LogP contribution in [0.15, 0.2) is 14.3 Å². The molecule has 0 aliphatic carbocycles. The maximum absolute atomic E-state index is 12.1. The molecule has 1 aromatic heterocycles. The number of hydrogen-bond donors (Lipinski definition) is 0. The molecule has 0 bridgehead atoms. The van der Waals surface area contributed by atoms with Gasteiger partial charge in [-0.15, -0.1) is 11.3 Å². The lowest BCUT2D eigenvalue weighted by Crippen LogP contribution is -2.27. The summed E-state index contributed by atoms with van der Waals surface area (Å²) in [4.78, 5) is 15.2. The lowest BCUT2D eigenvalue weighted by molar-refractivity contribution is -0.204. The lowest BCUT2D eigenvalue weighted by atomic mass is 10.1. The molecule has 3 nitrogen and oxygen atoms in total. The summed E-state index contributed by atoms with van der Waals surface area (Å²) in [5.41, 5.74) is -0.589. The highest BCUT2D eigenvalue weighted by atomic mass is 79.9. The Kier molecular flexibility index (Phi) is 5.12. The first-order valence-corrected chi connectivity index (χ1v) is 7.10. The van der Waals surface area contributed by atoms with E-state index in [1.165, 1.54) is 11.3 Å². The number of thiophene rings is 1. The number of carbonyl (C=O) groups excluding carboxylic acids is 1. The molecule has 0 saturated heterocycles. The lowest BCUT2D eigenvalue weighted by Gasteiger charge is -2.24. The minimum absolute atomic E-state index is 0.564. The van der Waals surface area contributed by atoms with Gasteiger partial charge >= 0.3 is 5.97 Å². The van der Waals surface area contributed by atoms with Gasteiger partial charge in [0.25, 0.3) is 0 Å². The Labute approximate surface area is 119 Å². The van der Waals surface area contributed by atoms with Crippen molar-refractivity contribution in [2.45, 2.75) is 32.5 Å². The summed E-state index contributed by atoms with van der Waals surface area (Å²) in [6.45, 7) is 5.34. The van der Waals surface area contributed by atoms with Crippen molar-refractivity contribution in [1.82, 2.24) is 0 Å². The molecule has 1 heterocycles. The molecule has 1 rings (SSSR count). The van der Waals surface area contributed by atoms with Gasteiger partial charge in [-0.2, -0.15) is 0 Å². The van der Waals surface area contributed by atoms with E-state index >= 15 is 0 Å². The SMILES string of the molecule is CC(C)(C)OC(C(=O)OF)c1sc(Br)cc1Br. The first-order chi connectivity index (χ1) is 7.74. The Hall–Kier alpha value is 0.0200. The molecule has 17 heavy (non-hydrogen) atoms. The molecular formula is C10H11Br2FO3S. The molecule has 0 saturated carbocycles. The van der Waals surface area contributed by atoms with E-state index in [9.17, 15) is 9.32 Å². The van der Waals surface area contributed by atoms with E-state index in [2.05, 4.69) is 36.8 Å². The Bertz CT molecular complexity index is 414. The number of halogens is 3. The Balaban J connectivity index is 3.06. The molecule has 0 N–H and O–H groups in total. The van der Waals surface area contributed by atoms with Gasteiger partial charge in [-0.3, -0.25) is 4.94 Å². The number of ether oxygens (including phenoxy) is 1. The van der Waals surface area contributed by atoms with Gasteiger partial charge in [0.05, 0.1) is 14.3 Å². The molecule has 0 aliphatic rings. The zero-order valence-corrected chi connectivity index (χ0v) is 13.4. The maximum Gasteiger partial charge on any atom is 0.382 e. The van der Waals surface area contributed by atoms with Crippen LogP contribution in [0.1, 0.15) is 31.8 Å². The van der Waals surface area contributed by atoms with Gasteiger partial charge in [0, 0.05) is 9.00 Å². The van der Waals surface area contributed by atoms with Crippen LogP contribution in [0.5, 0.6) is 0 Å². The second-order valence-electron chi connectivity index (χ2n) is 4.27. The molecule has 0 spiro atoms. The normalized spacial score (nSPS) is 13.5. The monoisotopic (exact) mass is 388 g/mol. The average Bonchev–Trinajstić information content (AvgIpc) is 2.52. The van der Waals surface area contributed by atoms with Crippen molar-refractivity contribution in [2.24, 2.45) is 0 Å². The first-order valence-electron chi connectivity index (χ1n) is 4.69. The van der Waals surface area contributed by atoms with Crippen LogP contribution < -0.4 is 0 Å². The van der Waals surface area contributed by atoms with E-state index in [0.29, 0.717) is 9.35 Å². The molecule has 0 amide bonds. The molecule has 1 aromatic rings. The van der Waals surface area contributed by atoms with E-state index < -0.39 is 17.7 Å². The van der Waals surface area contributed by atoms with Gasteiger partial charge in [0.15, 0.2) is 6.10 Å². The third-order valence-corrected chi connectivity index (χ3v) is 4.28. The molecule has 0 fully saturated rings. The van der Waals surface area contributed by atoms with E-state index in [0.717, 1.165) is 3.79 Å². The van der Waals surface area contributed by atoms with Crippen molar-refractivity contribution in [3.8, 4) is 0 Å². The highest BCUT2D eigenvalue weighted by Gasteiger charge is 2.32. The van der Waals surface area contributed by atoms with E-state index in [1.54, 1.807) is 26.8 Å². The Morgan fingerprint density at radius 2 is 2.06 bits per heavy atom. The van der Waals surface area contributed by atoms with Crippen molar-refractivity contribution < 1.29 is 19.0 Å². The van der Waals surface area contributed by atoms with Crippen LogP contribution in [0.25, 0.3) is 0 Å². The predicted octanol–water partition coefficient (Wildman–Crippen LogP) is 4.56. The number of rotatable bonds is 3. The number of carbonyl (C=O) groups is 1. The highest BCUT2D eigenvalue weighted by molar-refractivity contribution is 9.11. The van der Waals surface area contributed by atoms with Crippen molar-refractivity contribution in [3.63, 3.8) is 0 Å². The van der Waals surface area contributed by atoms with Gasteiger partial charge in [-0.25, -0.2) is 4.79 Å². The second-order valence-corrected chi connectivity index (χ2v) is 7.59. The Morgan fingerprint density at radius 1 is 1.47 bits per heavy atom.